The van der Waals surface area contributed by atoms with Gasteiger partial charge in [0.05, 0.1) is 33.8 Å². The molecule has 0 spiro atoms. The van der Waals surface area contributed by atoms with E-state index in [1.165, 1.54) is 96.3 Å². The first-order valence-corrected chi connectivity index (χ1v) is 33.0. The lowest BCUT2D eigenvalue weighted by Gasteiger charge is -2.30. The van der Waals surface area contributed by atoms with Crippen molar-refractivity contribution < 1.29 is 37.3 Å². The molecule has 3 unspecified atom stereocenters. The fourth-order valence-electron chi connectivity index (χ4n) is 8.62. The highest BCUT2D eigenvalue weighted by atomic mass is 31.2. The van der Waals surface area contributed by atoms with E-state index in [0.29, 0.717) is 17.4 Å². The number of hydrogen-bond donors (Lipinski definition) is 1. The monoisotopic (exact) mass is 1090 g/mol. The second-order valence-electron chi connectivity index (χ2n) is 22.2. The molecule has 1 N–H and O–H groups in total. The van der Waals surface area contributed by atoms with Gasteiger partial charge < -0.3 is 28.5 Å². The Morgan fingerprint density at radius 2 is 0.844 bits per heavy atom. The van der Waals surface area contributed by atoms with Crippen LogP contribution in [-0.2, 0) is 27.9 Å². The van der Waals surface area contributed by atoms with Crippen LogP contribution in [0, 0.1) is 0 Å². The number of quaternary nitrogens is 1. The van der Waals surface area contributed by atoms with E-state index in [2.05, 4.69) is 111 Å². The van der Waals surface area contributed by atoms with Crippen molar-refractivity contribution in [3.05, 3.63) is 97.2 Å². The summed E-state index contributed by atoms with van der Waals surface area (Å²) in [6.07, 6.45) is 75.2. The van der Waals surface area contributed by atoms with Crippen molar-refractivity contribution >= 4 is 19.7 Å². The number of esters is 1. The number of carbonyl (C=O) groups excluding carboxylic acids is 2. The summed E-state index contributed by atoms with van der Waals surface area (Å²) in [4.78, 5) is 39.9. The highest BCUT2D eigenvalue weighted by molar-refractivity contribution is 7.45. The quantitative estimate of drug-likeness (QED) is 0.0212. The van der Waals surface area contributed by atoms with E-state index < -0.39 is 26.6 Å². The first-order chi connectivity index (χ1) is 37.4. The maximum absolute atomic E-state index is 13.5. The Kier molecular flexibility index (Phi) is 54.0. The summed E-state index contributed by atoms with van der Waals surface area (Å²) in [7, 11) is 1.17. The van der Waals surface area contributed by atoms with Crippen LogP contribution in [0.25, 0.3) is 0 Å². The average Bonchev–Trinajstić information content (AvgIpc) is 3.39. The van der Waals surface area contributed by atoms with Gasteiger partial charge in [-0.05, 0) is 102 Å². The van der Waals surface area contributed by atoms with Crippen LogP contribution in [0.5, 0.6) is 0 Å². The Balaban J connectivity index is 5.12. The van der Waals surface area contributed by atoms with Gasteiger partial charge in [-0.15, -0.1) is 0 Å². The molecule has 444 valence electrons. The molecule has 0 aliphatic rings. The number of phosphoric acid groups is 1. The molecule has 0 aromatic carbocycles. The van der Waals surface area contributed by atoms with Crippen molar-refractivity contribution in [2.45, 2.75) is 277 Å². The molecular formula is C67H119N2O7P. The van der Waals surface area contributed by atoms with E-state index in [-0.39, 0.29) is 24.9 Å². The maximum Gasteiger partial charge on any atom is 0.306 e. The average molecular weight is 1100 g/mol. The van der Waals surface area contributed by atoms with Gasteiger partial charge in [0, 0.05) is 12.8 Å². The SMILES string of the molecule is CC/C=C\C/C=C\C/C=C\C/C=C\C/C=C\C/C=C\CCCCCCCCCCC(=O)OC(/C=C\CCCCCCCCCCCCC)C(COP(=O)([O-])OCC[N+](C)(C)C)NC(=O)CCCCCCC/C=C\CCCC. The van der Waals surface area contributed by atoms with Crippen LogP contribution in [0.15, 0.2) is 97.2 Å². The third-order valence-corrected chi connectivity index (χ3v) is 14.5. The van der Waals surface area contributed by atoms with Gasteiger partial charge in [0.25, 0.3) is 7.82 Å². The van der Waals surface area contributed by atoms with Crippen molar-refractivity contribution in [1.82, 2.24) is 5.32 Å². The van der Waals surface area contributed by atoms with E-state index in [0.717, 1.165) is 135 Å². The molecule has 0 aromatic rings. The van der Waals surface area contributed by atoms with Gasteiger partial charge in [-0.1, -0.05) is 247 Å². The van der Waals surface area contributed by atoms with Crippen LogP contribution < -0.4 is 10.2 Å². The van der Waals surface area contributed by atoms with Gasteiger partial charge in [-0.3, -0.25) is 14.2 Å². The molecule has 9 nitrogen and oxygen atoms in total. The molecule has 0 radical (unpaired) electrons. The number of rotatable bonds is 56. The smallest absolute Gasteiger partial charge is 0.306 e. The number of likely N-dealkylation sites (N-methyl/N-ethyl adjacent to an activating group) is 1. The molecule has 77 heavy (non-hydrogen) atoms. The maximum atomic E-state index is 13.5. The number of phosphoric ester groups is 1. The summed E-state index contributed by atoms with van der Waals surface area (Å²) >= 11 is 0. The molecule has 1 amide bonds. The summed E-state index contributed by atoms with van der Waals surface area (Å²) in [5, 5.41) is 3.01. The van der Waals surface area contributed by atoms with Crippen molar-refractivity contribution in [3.63, 3.8) is 0 Å². The zero-order valence-corrected chi connectivity index (χ0v) is 51.5. The fourth-order valence-corrected chi connectivity index (χ4v) is 9.35. The molecule has 0 saturated carbocycles. The van der Waals surface area contributed by atoms with Crippen LogP contribution in [0.2, 0.25) is 0 Å². The van der Waals surface area contributed by atoms with Crippen LogP contribution in [0.1, 0.15) is 265 Å². The second kappa shape index (κ2) is 56.2. The number of amides is 1. The minimum absolute atomic E-state index is 0.0290. The molecule has 0 aromatic heterocycles. The lowest BCUT2D eigenvalue weighted by atomic mass is 10.0. The Bertz CT molecular complexity index is 1640. The first kappa shape index (κ1) is 73.9. The predicted molar refractivity (Wildman–Crippen MR) is 330 cm³/mol. The summed E-state index contributed by atoms with van der Waals surface area (Å²) in [5.41, 5.74) is 0. The number of nitrogens with zero attached hydrogens (tertiary/aromatic N) is 1. The standard InChI is InChI=1S/C67H119N2O7P/c1-7-10-13-16-19-22-25-27-28-29-30-31-32-33-34-35-36-37-38-39-40-42-45-48-51-54-57-60-67(71)76-65(58-55-52-49-46-44-41-26-23-20-17-14-11-8-2)64(63-75-77(72,73)74-62-61-69(4,5)6)68-66(70)59-56-53-50-47-43-24-21-18-15-12-9-3/h10,13,18-19,21-22,27-28,30-31,33-34,36-37,55,58,64-65H,7-9,11-12,14-17,20,23-26,29,32,35,38-54,56-57,59-63H2,1-6H3,(H-,68,70,72,73)/b13-10-,21-18-,22-19-,28-27-,31-30-,34-33-,37-36-,58-55-. The number of carbonyl (C=O) groups is 2. The van der Waals surface area contributed by atoms with Crippen molar-refractivity contribution in [2.24, 2.45) is 0 Å². The number of allylic oxidation sites excluding steroid dienone is 15. The van der Waals surface area contributed by atoms with Crippen LogP contribution in [-0.4, -0.2) is 69.4 Å². The van der Waals surface area contributed by atoms with Gasteiger partial charge in [0.2, 0.25) is 5.91 Å². The van der Waals surface area contributed by atoms with E-state index >= 15 is 0 Å². The highest BCUT2D eigenvalue weighted by Crippen LogP contribution is 2.38. The van der Waals surface area contributed by atoms with Gasteiger partial charge in [0.1, 0.15) is 19.3 Å². The molecule has 0 saturated heterocycles. The topological polar surface area (TPSA) is 114 Å². The van der Waals surface area contributed by atoms with Gasteiger partial charge in [-0.25, -0.2) is 0 Å². The van der Waals surface area contributed by atoms with Crippen LogP contribution in [0.4, 0.5) is 0 Å². The minimum Gasteiger partial charge on any atom is -0.756 e. The largest absolute Gasteiger partial charge is 0.756 e. The zero-order valence-electron chi connectivity index (χ0n) is 50.6. The van der Waals surface area contributed by atoms with Crippen molar-refractivity contribution in [1.29, 1.82) is 0 Å². The number of unbranched alkanes of at least 4 members (excludes halogenated alkanes) is 26. The third kappa shape index (κ3) is 57.4. The zero-order chi connectivity index (χ0) is 56.4. The molecule has 0 fully saturated rings. The highest BCUT2D eigenvalue weighted by Gasteiger charge is 2.27. The van der Waals surface area contributed by atoms with Gasteiger partial charge in [0.15, 0.2) is 0 Å². The Morgan fingerprint density at radius 1 is 0.468 bits per heavy atom. The molecule has 0 rings (SSSR count). The molecule has 0 aliphatic carbocycles. The minimum atomic E-state index is -4.70. The number of hydrogen-bond acceptors (Lipinski definition) is 7. The Morgan fingerprint density at radius 3 is 1.30 bits per heavy atom. The predicted octanol–water partition coefficient (Wildman–Crippen LogP) is 18.9. The molecule has 0 heterocycles. The van der Waals surface area contributed by atoms with Crippen LogP contribution in [0.3, 0.4) is 0 Å². The van der Waals surface area contributed by atoms with E-state index in [1.54, 1.807) is 0 Å². The van der Waals surface area contributed by atoms with E-state index in [1.807, 2.05) is 33.3 Å². The Hall–Kier alpha value is -3.07. The van der Waals surface area contributed by atoms with Crippen molar-refractivity contribution in [3.8, 4) is 0 Å². The number of ether oxygens (including phenoxy) is 1. The second-order valence-corrected chi connectivity index (χ2v) is 23.6. The van der Waals surface area contributed by atoms with Gasteiger partial charge in [-0.2, -0.15) is 0 Å². The number of nitrogens with one attached hydrogen (secondary N) is 1. The lowest BCUT2D eigenvalue weighted by molar-refractivity contribution is -0.870. The van der Waals surface area contributed by atoms with E-state index in [9.17, 15) is 19.0 Å². The summed E-state index contributed by atoms with van der Waals surface area (Å²) in [6.45, 7) is 6.67. The first-order valence-electron chi connectivity index (χ1n) is 31.5. The summed E-state index contributed by atoms with van der Waals surface area (Å²) in [6, 6.07) is -0.900. The molecular weight excluding hydrogens is 976 g/mol. The van der Waals surface area contributed by atoms with Crippen molar-refractivity contribution in [2.75, 3.05) is 40.9 Å². The molecule has 0 aliphatic heterocycles. The molecule has 3 atom stereocenters. The van der Waals surface area contributed by atoms with E-state index in [4.69, 9.17) is 13.8 Å². The normalized spacial score (nSPS) is 14.3. The Labute approximate surface area is 475 Å². The molecule has 0 bridgehead atoms. The van der Waals surface area contributed by atoms with Crippen LogP contribution >= 0.6 is 7.82 Å². The molecule has 10 heteroatoms. The third-order valence-electron chi connectivity index (χ3n) is 13.5. The summed E-state index contributed by atoms with van der Waals surface area (Å²) < 4.78 is 30.3. The lowest BCUT2D eigenvalue weighted by Crippen LogP contribution is -2.47. The van der Waals surface area contributed by atoms with Gasteiger partial charge >= 0.3 is 5.97 Å². The summed E-state index contributed by atoms with van der Waals surface area (Å²) in [5.74, 6) is -0.564. The fraction of sp³-hybridized carbons (Fsp3) is 0.731.